The number of carbonyl (C=O) groups excluding carboxylic acids is 1. The van der Waals surface area contributed by atoms with E-state index in [1.54, 1.807) is 0 Å². The lowest BCUT2D eigenvalue weighted by Gasteiger charge is -2.33. The quantitative estimate of drug-likeness (QED) is 0.415. The van der Waals surface area contributed by atoms with Crippen LogP contribution in [0.4, 0.5) is 5.13 Å². The molecule has 2 N–H and O–H groups in total. The molecule has 0 radical (unpaired) electrons. The fraction of sp³-hybridized carbons (Fsp3) is 0.550. The van der Waals surface area contributed by atoms with Crippen LogP contribution in [-0.4, -0.2) is 65.6 Å². The molecule has 29 heavy (non-hydrogen) atoms. The number of benzene rings is 1. The van der Waals surface area contributed by atoms with E-state index in [4.69, 9.17) is 4.74 Å². The third-order valence-electron chi connectivity index (χ3n) is 4.54. The van der Waals surface area contributed by atoms with Gasteiger partial charge in [-0.25, -0.2) is 0 Å². The maximum Gasteiger partial charge on any atom is 0.230 e. The summed E-state index contributed by atoms with van der Waals surface area (Å²) in [6.45, 7) is 6.94. The molecule has 1 unspecified atom stereocenters. The summed E-state index contributed by atoms with van der Waals surface area (Å²) < 4.78 is 6.62. The van der Waals surface area contributed by atoms with E-state index in [1.165, 1.54) is 28.7 Å². The summed E-state index contributed by atoms with van der Waals surface area (Å²) in [7, 11) is 0. The molecule has 1 atom stereocenters. The topological polar surface area (TPSA) is 79.4 Å². The van der Waals surface area contributed by atoms with E-state index < -0.39 is 0 Å². The number of carbonyl (C=O) groups is 1. The Balaban J connectivity index is 1.33. The minimum atomic E-state index is -0.00512. The highest BCUT2D eigenvalue weighted by Gasteiger charge is 2.21. The van der Waals surface area contributed by atoms with Gasteiger partial charge in [-0.15, -0.1) is 10.2 Å². The molecule has 1 aromatic carbocycles. The van der Waals surface area contributed by atoms with Crippen LogP contribution in [0.15, 0.2) is 34.7 Å². The number of hydrogen-bond donors (Lipinski definition) is 2. The van der Waals surface area contributed by atoms with Crippen LogP contribution in [0.2, 0.25) is 0 Å². The normalized spacial score (nSPS) is 17.2. The van der Waals surface area contributed by atoms with Gasteiger partial charge < -0.3 is 15.4 Å². The van der Waals surface area contributed by atoms with Gasteiger partial charge in [-0.1, -0.05) is 66.8 Å². The third kappa shape index (κ3) is 7.93. The van der Waals surface area contributed by atoms with Crippen molar-refractivity contribution in [1.29, 1.82) is 0 Å². The number of unbranched alkanes of at least 4 members (excludes halogenated alkanes) is 1. The highest BCUT2D eigenvalue weighted by molar-refractivity contribution is 8.01. The fourth-order valence-corrected chi connectivity index (χ4v) is 4.61. The molecule has 0 spiro atoms. The second-order valence-electron chi connectivity index (χ2n) is 6.96. The number of morpholine rings is 1. The molecule has 0 aliphatic carbocycles. The van der Waals surface area contributed by atoms with E-state index in [9.17, 15) is 4.79 Å². The number of hydrogen-bond acceptors (Lipinski definition) is 8. The summed E-state index contributed by atoms with van der Waals surface area (Å²) in [6, 6.07) is 10.4. The molecule has 2 heterocycles. The Morgan fingerprint density at radius 2 is 2.21 bits per heavy atom. The monoisotopic (exact) mass is 435 g/mol. The molecule has 158 valence electrons. The molecule has 1 aliphatic heterocycles. The molecule has 2 aromatic rings. The number of ether oxygens (including phenoxy) is 1. The van der Waals surface area contributed by atoms with Crippen molar-refractivity contribution in [2.75, 3.05) is 43.9 Å². The second kappa shape index (κ2) is 12.1. The van der Waals surface area contributed by atoms with Crippen LogP contribution in [-0.2, 0) is 16.1 Å². The van der Waals surface area contributed by atoms with Crippen LogP contribution in [0.1, 0.15) is 25.3 Å². The lowest BCUT2D eigenvalue weighted by atomic mass is 10.2. The molecular weight excluding hydrogens is 406 g/mol. The zero-order valence-electron chi connectivity index (χ0n) is 16.8. The zero-order valence-corrected chi connectivity index (χ0v) is 18.4. The molecule has 1 aromatic heterocycles. The summed E-state index contributed by atoms with van der Waals surface area (Å²) >= 11 is 2.91. The maximum absolute atomic E-state index is 12.2. The number of amides is 1. The van der Waals surface area contributed by atoms with Gasteiger partial charge in [-0.05, 0) is 12.0 Å². The van der Waals surface area contributed by atoms with Gasteiger partial charge in [0, 0.05) is 32.7 Å². The average molecular weight is 436 g/mol. The summed E-state index contributed by atoms with van der Waals surface area (Å²) in [5.41, 5.74) is 1.30. The molecule has 9 heteroatoms. The number of nitrogens with zero attached hydrogens (tertiary/aromatic N) is 3. The first-order chi connectivity index (χ1) is 14.2. The highest BCUT2D eigenvalue weighted by atomic mass is 32.2. The van der Waals surface area contributed by atoms with Crippen LogP contribution in [0.5, 0.6) is 0 Å². The van der Waals surface area contributed by atoms with Crippen molar-refractivity contribution < 1.29 is 9.53 Å². The average Bonchev–Trinajstić information content (AvgIpc) is 3.20. The van der Waals surface area contributed by atoms with Crippen molar-refractivity contribution in [3.05, 3.63) is 35.9 Å². The van der Waals surface area contributed by atoms with Gasteiger partial charge >= 0.3 is 0 Å². The minimum Gasteiger partial charge on any atom is -0.374 e. The van der Waals surface area contributed by atoms with Crippen LogP contribution < -0.4 is 10.6 Å². The van der Waals surface area contributed by atoms with Crippen molar-refractivity contribution in [2.45, 2.75) is 36.8 Å². The van der Waals surface area contributed by atoms with Crippen LogP contribution in [0.25, 0.3) is 0 Å². The van der Waals surface area contributed by atoms with Crippen molar-refractivity contribution >= 4 is 34.1 Å². The van der Waals surface area contributed by atoms with Gasteiger partial charge in [0.25, 0.3) is 0 Å². The summed E-state index contributed by atoms with van der Waals surface area (Å²) in [5.74, 6) is 0.332. The van der Waals surface area contributed by atoms with Gasteiger partial charge in [-0.3, -0.25) is 9.69 Å². The molecule has 1 saturated heterocycles. The van der Waals surface area contributed by atoms with Crippen molar-refractivity contribution in [1.82, 2.24) is 20.4 Å². The molecule has 1 amide bonds. The molecule has 1 fully saturated rings. The summed E-state index contributed by atoms with van der Waals surface area (Å²) in [5, 5.41) is 15.3. The summed E-state index contributed by atoms with van der Waals surface area (Å²) in [6.07, 6.45) is 2.27. The first-order valence-corrected chi connectivity index (χ1v) is 11.9. The Labute approximate surface area is 180 Å². The highest BCUT2D eigenvalue weighted by Crippen LogP contribution is 2.25. The van der Waals surface area contributed by atoms with Gasteiger partial charge in [0.2, 0.25) is 11.0 Å². The van der Waals surface area contributed by atoms with Gasteiger partial charge in [0.05, 0.1) is 18.5 Å². The van der Waals surface area contributed by atoms with E-state index in [0.29, 0.717) is 18.9 Å². The molecule has 0 saturated carbocycles. The van der Waals surface area contributed by atoms with Crippen LogP contribution in [0, 0.1) is 0 Å². The lowest BCUT2D eigenvalue weighted by Crippen LogP contribution is -2.47. The number of rotatable bonds is 11. The SMILES string of the molecule is CCCCNc1nnc(SCC(=O)NCC2CN(Cc3ccccc3)CCO2)s1. The Bertz CT molecular complexity index is 743. The van der Waals surface area contributed by atoms with Crippen molar-refractivity contribution in [3.8, 4) is 0 Å². The Morgan fingerprint density at radius 1 is 1.34 bits per heavy atom. The van der Waals surface area contributed by atoms with Gasteiger partial charge in [0.15, 0.2) is 4.34 Å². The van der Waals surface area contributed by atoms with Crippen molar-refractivity contribution in [3.63, 3.8) is 0 Å². The molecular formula is C20H29N5O2S2. The van der Waals surface area contributed by atoms with E-state index in [1.807, 2.05) is 6.07 Å². The van der Waals surface area contributed by atoms with Crippen molar-refractivity contribution in [2.24, 2.45) is 0 Å². The van der Waals surface area contributed by atoms with E-state index in [2.05, 4.69) is 56.9 Å². The number of aromatic nitrogens is 2. The maximum atomic E-state index is 12.2. The molecule has 0 bridgehead atoms. The molecule has 7 nitrogen and oxygen atoms in total. The van der Waals surface area contributed by atoms with E-state index >= 15 is 0 Å². The fourth-order valence-electron chi connectivity index (χ4n) is 3.01. The van der Waals surface area contributed by atoms with E-state index in [-0.39, 0.29) is 12.0 Å². The smallest absolute Gasteiger partial charge is 0.230 e. The van der Waals surface area contributed by atoms with Crippen LogP contribution >= 0.6 is 23.1 Å². The number of anilines is 1. The Kier molecular flexibility index (Phi) is 9.20. The second-order valence-corrected chi connectivity index (χ2v) is 9.16. The zero-order chi connectivity index (χ0) is 20.3. The minimum absolute atomic E-state index is 0.00512. The Hall–Kier alpha value is -1.68. The van der Waals surface area contributed by atoms with Gasteiger partial charge in [0.1, 0.15) is 0 Å². The largest absolute Gasteiger partial charge is 0.374 e. The first-order valence-electron chi connectivity index (χ1n) is 10.1. The standard InChI is InChI=1S/C20H29N5O2S2/c1-2-3-9-21-19-23-24-20(29-19)28-15-18(26)22-12-17-14-25(10-11-27-17)13-16-7-5-4-6-8-16/h4-8,17H,2-3,9-15H2,1H3,(H,21,23)(H,22,26). The molecule has 3 rings (SSSR count). The van der Waals surface area contributed by atoms with E-state index in [0.717, 1.165) is 48.5 Å². The molecule has 1 aliphatic rings. The number of thioether (sulfide) groups is 1. The Morgan fingerprint density at radius 3 is 3.03 bits per heavy atom. The lowest BCUT2D eigenvalue weighted by molar-refractivity contribution is -0.119. The summed E-state index contributed by atoms with van der Waals surface area (Å²) in [4.78, 5) is 14.6. The predicted octanol–water partition coefficient (Wildman–Crippen LogP) is 2.86. The predicted molar refractivity (Wildman–Crippen MR) is 118 cm³/mol. The van der Waals surface area contributed by atoms with Crippen LogP contribution in [0.3, 0.4) is 0 Å². The number of nitrogens with one attached hydrogen (secondary N) is 2. The van der Waals surface area contributed by atoms with Gasteiger partial charge in [-0.2, -0.15) is 0 Å². The third-order valence-corrected chi connectivity index (χ3v) is 6.55. The first kappa shape index (κ1) is 22.0.